The number of carbonyl (C=O) groups excluding carboxylic acids is 1. The number of esters is 1. The highest BCUT2D eigenvalue weighted by molar-refractivity contribution is 7.92. The van der Waals surface area contributed by atoms with E-state index in [1.165, 1.54) is 25.3 Å². The fraction of sp³-hybridized carbons (Fsp3) is 0.0556. The summed E-state index contributed by atoms with van der Waals surface area (Å²) in [5.74, 6) is -0.605. The average molecular weight is 341 g/mol. The number of benzene rings is 3. The van der Waals surface area contributed by atoms with Gasteiger partial charge in [0.15, 0.2) is 0 Å². The monoisotopic (exact) mass is 341 g/mol. The van der Waals surface area contributed by atoms with Gasteiger partial charge < -0.3 is 4.74 Å². The molecule has 1 N–H and O–H groups in total. The first-order chi connectivity index (χ1) is 11.5. The fourth-order valence-electron chi connectivity index (χ4n) is 2.40. The van der Waals surface area contributed by atoms with Gasteiger partial charge >= 0.3 is 5.97 Å². The Balaban J connectivity index is 2.01. The second kappa shape index (κ2) is 6.33. The highest BCUT2D eigenvalue weighted by Crippen LogP contribution is 2.23. The quantitative estimate of drug-likeness (QED) is 0.738. The molecule has 0 unspecified atom stereocenters. The second-order valence-corrected chi connectivity index (χ2v) is 6.83. The number of para-hydroxylation sites is 1. The average Bonchev–Trinajstić information content (AvgIpc) is 2.60. The van der Waals surface area contributed by atoms with Crippen molar-refractivity contribution in [2.24, 2.45) is 0 Å². The lowest BCUT2D eigenvalue weighted by atomic mass is 10.1. The van der Waals surface area contributed by atoms with Gasteiger partial charge in [-0.3, -0.25) is 4.72 Å². The van der Waals surface area contributed by atoms with Crippen LogP contribution in [0.5, 0.6) is 0 Å². The van der Waals surface area contributed by atoms with Crippen LogP contribution >= 0.6 is 0 Å². The van der Waals surface area contributed by atoms with E-state index in [0.29, 0.717) is 0 Å². The summed E-state index contributed by atoms with van der Waals surface area (Å²) in [6.07, 6.45) is 0. The summed E-state index contributed by atoms with van der Waals surface area (Å²) >= 11 is 0. The van der Waals surface area contributed by atoms with Gasteiger partial charge in [-0.1, -0.05) is 42.5 Å². The van der Waals surface area contributed by atoms with Crippen LogP contribution in [0.2, 0.25) is 0 Å². The van der Waals surface area contributed by atoms with Crippen LogP contribution in [0.15, 0.2) is 71.6 Å². The minimum atomic E-state index is -3.83. The highest BCUT2D eigenvalue weighted by Gasteiger charge is 2.19. The fourth-order valence-corrected chi connectivity index (χ4v) is 3.51. The van der Waals surface area contributed by atoms with Crippen molar-refractivity contribution < 1.29 is 17.9 Å². The number of ether oxygens (including phenoxy) is 1. The third-order valence-electron chi connectivity index (χ3n) is 3.61. The number of anilines is 1. The van der Waals surface area contributed by atoms with Crippen LogP contribution in [0.1, 0.15) is 10.4 Å². The maximum atomic E-state index is 12.6. The van der Waals surface area contributed by atoms with Gasteiger partial charge in [-0.2, -0.15) is 0 Å². The molecule has 0 aromatic heterocycles. The minimum Gasteiger partial charge on any atom is -0.465 e. The molecule has 6 heteroatoms. The first-order valence-corrected chi connectivity index (χ1v) is 8.68. The Hall–Kier alpha value is -2.86. The molecule has 0 fully saturated rings. The van der Waals surface area contributed by atoms with E-state index >= 15 is 0 Å². The highest BCUT2D eigenvalue weighted by atomic mass is 32.2. The molecule has 5 nitrogen and oxygen atoms in total. The van der Waals surface area contributed by atoms with Crippen LogP contribution in [0.25, 0.3) is 10.8 Å². The Bertz CT molecular complexity index is 1010. The molecule has 0 aliphatic carbocycles. The van der Waals surface area contributed by atoms with E-state index in [1.807, 2.05) is 24.3 Å². The zero-order valence-electron chi connectivity index (χ0n) is 12.9. The van der Waals surface area contributed by atoms with Crippen LogP contribution in [-0.2, 0) is 14.8 Å². The molecule has 0 saturated heterocycles. The van der Waals surface area contributed by atoms with Crippen molar-refractivity contribution >= 4 is 32.5 Å². The van der Waals surface area contributed by atoms with Crippen molar-refractivity contribution in [1.29, 1.82) is 0 Å². The first kappa shape index (κ1) is 16.0. The number of fused-ring (bicyclic) bond motifs is 1. The zero-order chi connectivity index (χ0) is 17.2. The molecule has 24 heavy (non-hydrogen) atoms. The second-order valence-electron chi connectivity index (χ2n) is 5.15. The molecule has 0 atom stereocenters. The van der Waals surface area contributed by atoms with Gasteiger partial charge in [-0.05, 0) is 35.0 Å². The third kappa shape index (κ3) is 3.09. The van der Waals surface area contributed by atoms with Crippen molar-refractivity contribution in [3.8, 4) is 0 Å². The summed E-state index contributed by atoms with van der Waals surface area (Å²) in [6.45, 7) is 0. The van der Waals surface area contributed by atoms with Crippen LogP contribution < -0.4 is 4.72 Å². The van der Waals surface area contributed by atoms with E-state index in [2.05, 4.69) is 9.46 Å². The van der Waals surface area contributed by atoms with Gasteiger partial charge in [0.2, 0.25) is 0 Å². The van der Waals surface area contributed by atoms with E-state index in [9.17, 15) is 13.2 Å². The predicted molar refractivity (Wildman–Crippen MR) is 92.5 cm³/mol. The van der Waals surface area contributed by atoms with E-state index < -0.39 is 16.0 Å². The molecule has 0 bridgehead atoms. The first-order valence-electron chi connectivity index (χ1n) is 7.20. The standard InChI is InChI=1S/C18H15NO4S/c1-23-18(20)16-8-4-5-9-17(16)19-24(21,22)15-11-10-13-6-2-3-7-14(13)12-15/h2-12,19H,1H3. The van der Waals surface area contributed by atoms with Gasteiger partial charge in [0.05, 0.1) is 23.3 Å². The van der Waals surface area contributed by atoms with Gasteiger partial charge in [0.1, 0.15) is 0 Å². The van der Waals surface area contributed by atoms with Crippen molar-refractivity contribution in [2.45, 2.75) is 4.90 Å². The summed E-state index contributed by atoms with van der Waals surface area (Å²) in [5.41, 5.74) is 0.335. The lowest BCUT2D eigenvalue weighted by molar-refractivity contribution is 0.0602. The Morgan fingerprint density at radius 2 is 1.58 bits per heavy atom. The summed E-state index contributed by atoms with van der Waals surface area (Å²) < 4.78 is 32.4. The van der Waals surface area contributed by atoms with Gasteiger partial charge in [0.25, 0.3) is 10.0 Å². The SMILES string of the molecule is COC(=O)c1ccccc1NS(=O)(=O)c1ccc2ccccc2c1. The predicted octanol–water partition coefficient (Wildman–Crippen LogP) is 3.43. The van der Waals surface area contributed by atoms with Crippen molar-refractivity contribution in [3.63, 3.8) is 0 Å². The summed E-state index contributed by atoms with van der Waals surface area (Å²) in [4.78, 5) is 11.9. The lowest BCUT2D eigenvalue weighted by Crippen LogP contribution is -2.16. The number of hydrogen-bond acceptors (Lipinski definition) is 4. The normalized spacial score (nSPS) is 11.2. The smallest absolute Gasteiger partial charge is 0.339 e. The van der Waals surface area contributed by atoms with Gasteiger partial charge in [0, 0.05) is 0 Å². The van der Waals surface area contributed by atoms with E-state index in [4.69, 9.17) is 0 Å². The summed E-state index contributed by atoms with van der Waals surface area (Å²) in [6, 6.07) is 18.7. The Morgan fingerprint density at radius 3 is 2.33 bits per heavy atom. The van der Waals surface area contributed by atoms with Gasteiger partial charge in [-0.25, -0.2) is 13.2 Å². The van der Waals surface area contributed by atoms with E-state index in [0.717, 1.165) is 10.8 Å². The number of rotatable bonds is 4. The van der Waals surface area contributed by atoms with Gasteiger partial charge in [-0.15, -0.1) is 0 Å². The topological polar surface area (TPSA) is 72.5 Å². The minimum absolute atomic E-state index is 0.126. The zero-order valence-corrected chi connectivity index (χ0v) is 13.7. The van der Waals surface area contributed by atoms with Crippen LogP contribution in [0.3, 0.4) is 0 Å². The van der Waals surface area contributed by atoms with Crippen LogP contribution in [0, 0.1) is 0 Å². The summed E-state index contributed by atoms with van der Waals surface area (Å²) in [5, 5.41) is 1.77. The molecule has 0 saturated carbocycles. The van der Waals surface area contributed by atoms with Crippen molar-refractivity contribution in [1.82, 2.24) is 0 Å². The maximum absolute atomic E-state index is 12.6. The third-order valence-corrected chi connectivity index (χ3v) is 4.97. The molecule has 0 heterocycles. The molecular weight excluding hydrogens is 326 g/mol. The maximum Gasteiger partial charge on any atom is 0.339 e. The molecule has 0 radical (unpaired) electrons. The van der Waals surface area contributed by atoms with E-state index in [1.54, 1.807) is 24.3 Å². The Morgan fingerprint density at radius 1 is 0.917 bits per heavy atom. The Kier molecular flexibility index (Phi) is 4.22. The molecule has 3 aromatic carbocycles. The molecule has 3 rings (SSSR count). The number of carbonyl (C=O) groups is 1. The molecule has 0 spiro atoms. The number of methoxy groups -OCH3 is 1. The summed E-state index contributed by atoms with van der Waals surface area (Å²) in [7, 11) is -2.58. The molecule has 0 aliphatic heterocycles. The Labute approximate surface area is 139 Å². The number of nitrogens with one attached hydrogen (secondary N) is 1. The molecule has 0 amide bonds. The number of hydrogen-bond donors (Lipinski definition) is 1. The lowest BCUT2D eigenvalue weighted by Gasteiger charge is -2.12. The van der Waals surface area contributed by atoms with Crippen LogP contribution in [0.4, 0.5) is 5.69 Å². The van der Waals surface area contributed by atoms with Crippen LogP contribution in [-0.4, -0.2) is 21.5 Å². The number of sulfonamides is 1. The van der Waals surface area contributed by atoms with E-state index in [-0.39, 0.29) is 16.1 Å². The molecule has 0 aliphatic rings. The van der Waals surface area contributed by atoms with Crippen molar-refractivity contribution in [3.05, 3.63) is 72.3 Å². The molecular formula is C18H15NO4S. The molecule has 122 valence electrons. The molecule has 3 aromatic rings. The largest absolute Gasteiger partial charge is 0.465 e. The van der Waals surface area contributed by atoms with Crippen molar-refractivity contribution in [2.75, 3.05) is 11.8 Å².